The van der Waals surface area contributed by atoms with Crippen LogP contribution in [0.5, 0.6) is 0 Å². The second kappa shape index (κ2) is 6.35. The number of benzene rings is 2. The van der Waals surface area contributed by atoms with Gasteiger partial charge in [-0.3, -0.25) is 4.90 Å². The molecule has 2 fully saturated rings. The van der Waals surface area contributed by atoms with E-state index in [0.29, 0.717) is 18.3 Å². The summed E-state index contributed by atoms with van der Waals surface area (Å²) in [5.74, 6) is 1.17. The fourth-order valence-electron chi connectivity index (χ4n) is 4.11. The molecule has 7 heteroatoms. The molecule has 0 aliphatic carbocycles. The molecular formula is C20H21N5O2. The van der Waals surface area contributed by atoms with Gasteiger partial charge in [-0.05, 0) is 16.8 Å². The summed E-state index contributed by atoms with van der Waals surface area (Å²) in [5, 5.41) is 10.8. The highest BCUT2D eigenvalue weighted by Crippen LogP contribution is 2.28. The second-order valence-corrected chi connectivity index (χ2v) is 7.27. The number of likely N-dealkylation sites (N-methyl/N-ethyl adjacent to an activating group) is 1. The van der Waals surface area contributed by atoms with E-state index in [9.17, 15) is 4.79 Å². The number of carbonyl (C=O) groups excluding carboxylic acids is 1. The first-order chi connectivity index (χ1) is 13.2. The van der Waals surface area contributed by atoms with Crippen molar-refractivity contribution in [3.05, 3.63) is 48.4 Å². The third kappa shape index (κ3) is 2.84. The smallest absolute Gasteiger partial charge is 0.320 e. The lowest BCUT2D eigenvalue weighted by Gasteiger charge is -2.35. The maximum Gasteiger partial charge on any atom is 0.320 e. The molecule has 7 nitrogen and oxygen atoms in total. The number of hydrogen-bond donors (Lipinski definition) is 0. The number of hydrogen-bond acceptors (Lipinski definition) is 5. The number of urea groups is 1. The largest absolute Gasteiger partial charge is 0.419 e. The number of amides is 2. The summed E-state index contributed by atoms with van der Waals surface area (Å²) in [6.45, 7) is 3.79. The van der Waals surface area contributed by atoms with Crippen molar-refractivity contribution >= 4 is 16.8 Å². The van der Waals surface area contributed by atoms with Crippen LogP contribution in [0, 0.1) is 0 Å². The summed E-state index contributed by atoms with van der Waals surface area (Å²) in [4.78, 5) is 18.1. The van der Waals surface area contributed by atoms with Gasteiger partial charge in [0.15, 0.2) is 0 Å². The van der Waals surface area contributed by atoms with Crippen LogP contribution in [0.4, 0.5) is 4.79 Å². The van der Waals surface area contributed by atoms with Gasteiger partial charge in [0.05, 0.1) is 12.6 Å². The molecule has 0 N–H and O–H groups in total. The highest BCUT2D eigenvalue weighted by molar-refractivity contribution is 5.94. The summed E-state index contributed by atoms with van der Waals surface area (Å²) in [7, 11) is 1.86. The van der Waals surface area contributed by atoms with Gasteiger partial charge < -0.3 is 14.2 Å². The van der Waals surface area contributed by atoms with E-state index >= 15 is 0 Å². The first-order valence-corrected chi connectivity index (χ1v) is 9.23. The van der Waals surface area contributed by atoms with Gasteiger partial charge in [-0.15, -0.1) is 10.2 Å². The van der Waals surface area contributed by atoms with Crippen LogP contribution in [-0.2, 0) is 6.54 Å². The van der Waals surface area contributed by atoms with Crippen LogP contribution in [0.2, 0.25) is 0 Å². The molecule has 2 amide bonds. The minimum atomic E-state index is 0.135. The van der Waals surface area contributed by atoms with E-state index in [1.54, 1.807) is 4.90 Å². The Balaban J connectivity index is 1.34. The zero-order chi connectivity index (χ0) is 18.4. The summed E-state index contributed by atoms with van der Waals surface area (Å²) in [6, 6.07) is 14.7. The molecule has 27 heavy (non-hydrogen) atoms. The van der Waals surface area contributed by atoms with Crippen LogP contribution >= 0.6 is 0 Å². The molecule has 1 aromatic heterocycles. The molecule has 0 radical (unpaired) electrons. The van der Waals surface area contributed by atoms with Crippen molar-refractivity contribution in [2.24, 2.45) is 0 Å². The predicted octanol–water partition coefficient (Wildman–Crippen LogP) is 2.44. The van der Waals surface area contributed by atoms with Crippen LogP contribution in [0.1, 0.15) is 5.89 Å². The molecule has 3 heterocycles. The Labute approximate surface area is 157 Å². The fraction of sp³-hybridized carbons (Fsp3) is 0.350. The lowest BCUT2D eigenvalue weighted by molar-refractivity contribution is 0.110. The van der Waals surface area contributed by atoms with E-state index in [1.165, 1.54) is 0 Å². The van der Waals surface area contributed by atoms with Gasteiger partial charge >= 0.3 is 6.03 Å². The topological polar surface area (TPSA) is 65.7 Å². The Kier molecular flexibility index (Phi) is 3.82. The third-order valence-corrected chi connectivity index (χ3v) is 5.47. The van der Waals surface area contributed by atoms with Crippen molar-refractivity contribution in [3.63, 3.8) is 0 Å². The molecule has 2 saturated heterocycles. The van der Waals surface area contributed by atoms with Crippen LogP contribution < -0.4 is 0 Å². The van der Waals surface area contributed by atoms with Gasteiger partial charge in [-0.25, -0.2) is 4.79 Å². The van der Waals surface area contributed by atoms with Crippen molar-refractivity contribution in [1.29, 1.82) is 0 Å². The summed E-state index contributed by atoms with van der Waals surface area (Å²) >= 11 is 0. The number of rotatable bonds is 3. The highest BCUT2D eigenvalue weighted by atomic mass is 16.4. The van der Waals surface area contributed by atoms with E-state index in [1.807, 2.05) is 36.2 Å². The van der Waals surface area contributed by atoms with Gasteiger partial charge in [0, 0.05) is 38.8 Å². The number of nitrogens with zero attached hydrogens (tertiary/aromatic N) is 5. The van der Waals surface area contributed by atoms with Gasteiger partial charge in [0.1, 0.15) is 0 Å². The predicted molar refractivity (Wildman–Crippen MR) is 101 cm³/mol. The van der Waals surface area contributed by atoms with Gasteiger partial charge in [0.2, 0.25) is 11.8 Å². The molecule has 5 rings (SSSR count). The van der Waals surface area contributed by atoms with Crippen molar-refractivity contribution in [1.82, 2.24) is 24.9 Å². The van der Waals surface area contributed by atoms with Crippen molar-refractivity contribution in [2.75, 3.05) is 33.2 Å². The SMILES string of the molecule is CN1CC2CN(Cc3nnc(-c4cccc5ccccc45)o3)CCN2C1=O. The average molecular weight is 363 g/mol. The zero-order valence-electron chi connectivity index (χ0n) is 15.2. The molecule has 2 aliphatic rings. The van der Waals surface area contributed by atoms with E-state index in [-0.39, 0.29) is 12.1 Å². The van der Waals surface area contributed by atoms with Gasteiger partial charge in [-0.1, -0.05) is 36.4 Å². The van der Waals surface area contributed by atoms with E-state index in [4.69, 9.17) is 4.42 Å². The van der Waals surface area contributed by atoms with Crippen LogP contribution in [0.3, 0.4) is 0 Å². The van der Waals surface area contributed by atoms with Crippen LogP contribution in [-0.4, -0.2) is 70.2 Å². The average Bonchev–Trinajstić information content (AvgIpc) is 3.26. The van der Waals surface area contributed by atoms with Crippen LogP contribution in [0.25, 0.3) is 22.2 Å². The highest BCUT2D eigenvalue weighted by Gasteiger charge is 2.39. The number of fused-ring (bicyclic) bond motifs is 2. The van der Waals surface area contributed by atoms with E-state index in [2.05, 4.69) is 33.3 Å². The molecule has 138 valence electrons. The molecule has 0 bridgehead atoms. The van der Waals surface area contributed by atoms with Crippen molar-refractivity contribution < 1.29 is 9.21 Å². The molecule has 3 aromatic rings. The lowest BCUT2D eigenvalue weighted by Crippen LogP contribution is -2.51. The summed E-state index contributed by atoms with van der Waals surface area (Å²) in [6.07, 6.45) is 0. The molecular weight excluding hydrogens is 342 g/mol. The molecule has 1 atom stereocenters. The normalized spacial score (nSPS) is 20.5. The fourth-order valence-corrected chi connectivity index (χ4v) is 4.11. The monoisotopic (exact) mass is 363 g/mol. The first-order valence-electron chi connectivity index (χ1n) is 9.23. The molecule has 1 unspecified atom stereocenters. The quantitative estimate of drug-likeness (QED) is 0.715. The third-order valence-electron chi connectivity index (χ3n) is 5.47. The minimum Gasteiger partial charge on any atom is -0.419 e. The maximum atomic E-state index is 12.1. The lowest BCUT2D eigenvalue weighted by atomic mass is 10.0. The Hall–Kier alpha value is -2.93. The summed E-state index contributed by atoms with van der Waals surface area (Å²) in [5.41, 5.74) is 0.958. The van der Waals surface area contributed by atoms with Gasteiger partial charge in [-0.2, -0.15) is 0 Å². The first kappa shape index (κ1) is 16.3. The van der Waals surface area contributed by atoms with Crippen LogP contribution in [0.15, 0.2) is 46.9 Å². The zero-order valence-corrected chi connectivity index (χ0v) is 15.2. The number of carbonyl (C=O) groups is 1. The minimum absolute atomic E-state index is 0.135. The Morgan fingerprint density at radius 1 is 1.07 bits per heavy atom. The van der Waals surface area contributed by atoms with Crippen molar-refractivity contribution in [2.45, 2.75) is 12.6 Å². The summed E-state index contributed by atoms with van der Waals surface area (Å²) < 4.78 is 5.98. The van der Waals surface area contributed by atoms with Crippen molar-refractivity contribution in [3.8, 4) is 11.5 Å². The molecule has 0 spiro atoms. The Bertz CT molecular complexity index is 995. The van der Waals surface area contributed by atoms with E-state index < -0.39 is 0 Å². The second-order valence-electron chi connectivity index (χ2n) is 7.27. The maximum absolute atomic E-state index is 12.1. The van der Waals surface area contributed by atoms with Gasteiger partial charge in [0.25, 0.3) is 0 Å². The Morgan fingerprint density at radius 2 is 1.93 bits per heavy atom. The van der Waals surface area contributed by atoms with E-state index in [0.717, 1.165) is 42.5 Å². The molecule has 0 saturated carbocycles. The molecule has 2 aliphatic heterocycles. The number of aromatic nitrogens is 2. The molecule has 2 aromatic carbocycles. The Morgan fingerprint density at radius 3 is 2.85 bits per heavy atom. The number of piperazine rings is 1. The standard InChI is InChI=1S/C20H21N5O2/c1-23-11-15-12-24(9-10-25(15)20(23)26)13-18-21-22-19(27-18)17-8-4-6-14-5-2-3-7-16(14)17/h2-8,15H,9-13H2,1H3.